The number of H-pyrrole nitrogens is 1. The highest BCUT2D eigenvalue weighted by Gasteiger charge is 2.11. The molecule has 0 fully saturated rings. The first-order valence-electron chi connectivity index (χ1n) is 8.78. The number of rotatable bonds is 5. The van der Waals surface area contributed by atoms with Crippen LogP contribution in [0.1, 0.15) is 41.9 Å². The van der Waals surface area contributed by atoms with Crippen LogP contribution in [0.2, 0.25) is 0 Å². The van der Waals surface area contributed by atoms with Crippen molar-refractivity contribution < 1.29 is 4.79 Å². The predicted molar refractivity (Wildman–Crippen MR) is 103 cm³/mol. The molecule has 0 unspecified atom stereocenters. The van der Waals surface area contributed by atoms with E-state index in [0.717, 1.165) is 5.56 Å². The number of nitrogens with one attached hydrogen (secondary N) is 2. The Morgan fingerprint density at radius 3 is 2.69 bits per heavy atom. The highest BCUT2D eigenvalue weighted by Crippen LogP contribution is 2.17. The maximum absolute atomic E-state index is 12.3. The zero-order chi connectivity index (χ0) is 18.7. The van der Waals surface area contributed by atoms with E-state index in [0.29, 0.717) is 23.1 Å². The van der Waals surface area contributed by atoms with Crippen molar-refractivity contribution in [3.63, 3.8) is 0 Å². The van der Waals surface area contributed by atoms with Crippen LogP contribution in [-0.4, -0.2) is 15.9 Å². The zero-order valence-electron chi connectivity index (χ0n) is 15.3. The first kappa shape index (κ1) is 17.9. The molecule has 3 rings (SSSR count). The van der Waals surface area contributed by atoms with Crippen LogP contribution < -0.4 is 10.9 Å². The highest BCUT2D eigenvalue weighted by molar-refractivity contribution is 5.78. The number of hydrogen-bond acceptors (Lipinski definition) is 3. The molecule has 1 amide bonds. The van der Waals surface area contributed by atoms with Crippen LogP contribution in [0.25, 0.3) is 10.9 Å². The maximum Gasteiger partial charge on any atom is 0.258 e. The summed E-state index contributed by atoms with van der Waals surface area (Å²) in [5.41, 5.74) is 4.00. The van der Waals surface area contributed by atoms with Gasteiger partial charge in [0.05, 0.1) is 16.9 Å². The minimum absolute atomic E-state index is 0.0634. The van der Waals surface area contributed by atoms with Gasteiger partial charge < -0.3 is 10.3 Å². The summed E-state index contributed by atoms with van der Waals surface area (Å²) in [5, 5.41) is 3.57. The van der Waals surface area contributed by atoms with Gasteiger partial charge in [-0.05, 0) is 49.6 Å². The molecular weight excluding hydrogens is 326 g/mol. The van der Waals surface area contributed by atoms with E-state index in [-0.39, 0.29) is 23.9 Å². The Morgan fingerprint density at radius 1 is 1.15 bits per heavy atom. The second-order valence-corrected chi connectivity index (χ2v) is 6.66. The molecule has 1 aromatic heterocycles. The van der Waals surface area contributed by atoms with Crippen molar-refractivity contribution in [1.82, 2.24) is 15.3 Å². The van der Waals surface area contributed by atoms with Crippen LogP contribution in [0, 0.1) is 13.8 Å². The molecule has 5 nitrogen and oxygen atoms in total. The molecule has 2 aromatic carbocycles. The van der Waals surface area contributed by atoms with Crippen LogP contribution in [0.5, 0.6) is 0 Å². The summed E-state index contributed by atoms with van der Waals surface area (Å²) in [6.45, 7) is 6.10. The lowest BCUT2D eigenvalue weighted by Crippen LogP contribution is -2.27. The van der Waals surface area contributed by atoms with Crippen molar-refractivity contribution in [1.29, 1.82) is 0 Å². The monoisotopic (exact) mass is 349 g/mol. The molecule has 0 saturated heterocycles. The van der Waals surface area contributed by atoms with Crippen molar-refractivity contribution >= 4 is 16.8 Å². The molecule has 3 aromatic rings. The number of benzene rings is 2. The van der Waals surface area contributed by atoms with E-state index in [2.05, 4.69) is 41.3 Å². The number of aromatic nitrogens is 2. The number of amides is 1. The molecule has 0 aliphatic heterocycles. The Balaban J connectivity index is 1.63. The summed E-state index contributed by atoms with van der Waals surface area (Å²) in [6, 6.07) is 13.3. The number of aryl methyl sites for hydroxylation is 3. The zero-order valence-corrected chi connectivity index (χ0v) is 15.3. The fourth-order valence-electron chi connectivity index (χ4n) is 2.92. The number of carbonyl (C=O) groups excluding carboxylic acids is 1. The fraction of sp³-hybridized carbons (Fsp3) is 0.286. The lowest BCUT2D eigenvalue weighted by atomic mass is 10.0. The second kappa shape index (κ2) is 7.52. The Hall–Kier alpha value is -2.95. The molecule has 0 aliphatic rings. The van der Waals surface area contributed by atoms with Crippen LogP contribution in [-0.2, 0) is 11.2 Å². The third kappa shape index (κ3) is 3.99. The number of aromatic amines is 1. The maximum atomic E-state index is 12.3. The van der Waals surface area contributed by atoms with Gasteiger partial charge in [0.15, 0.2) is 0 Å². The molecule has 5 heteroatoms. The van der Waals surface area contributed by atoms with Crippen molar-refractivity contribution in [3.8, 4) is 0 Å². The fourth-order valence-corrected chi connectivity index (χ4v) is 2.92. The summed E-state index contributed by atoms with van der Waals surface area (Å²) in [6.07, 6.45) is 0.669. The van der Waals surface area contributed by atoms with Gasteiger partial charge >= 0.3 is 0 Å². The Morgan fingerprint density at radius 2 is 1.92 bits per heavy atom. The normalized spacial score (nSPS) is 12.1. The largest absolute Gasteiger partial charge is 0.350 e. The van der Waals surface area contributed by atoms with Crippen molar-refractivity contribution in [2.24, 2.45) is 0 Å². The number of fused-ring (bicyclic) bond motifs is 1. The summed E-state index contributed by atoms with van der Waals surface area (Å²) in [4.78, 5) is 31.5. The van der Waals surface area contributed by atoms with Gasteiger partial charge in [-0.15, -0.1) is 0 Å². The second-order valence-electron chi connectivity index (χ2n) is 6.66. The molecule has 0 radical (unpaired) electrons. The number of hydrogen-bond donors (Lipinski definition) is 2. The topological polar surface area (TPSA) is 74.8 Å². The highest BCUT2D eigenvalue weighted by atomic mass is 16.1. The lowest BCUT2D eigenvalue weighted by molar-refractivity contribution is -0.121. The SMILES string of the molecule is Cc1ccc([C@H](C)NC(=O)CCc2nc3ccccc3c(=O)[nH]2)cc1C. The van der Waals surface area contributed by atoms with E-state index in [1.165, 1.54) is 11.1 Å². The van der Waals surface area contributed by atoms with Gasteiger partial charge in [0.2, 0.25) is 5.91 Å². The van der Waals surface area contributed by atoms with E-state index in [9.17, 15) is 9.59 Å². The van der Waals surface area contributed by atoms with Crippen molar-refractivity contribution in [2.45, 2.75) is 39.7 Å². The molecule has 26 heavy (non-hydrogen) atoms. The van der Waals surface area contributed by atoms with Crippen LogP contribution >= 0.6 is 0 Å². The number of nitrogens with zero attached hydrogens (tertiary/aromatic N) is 1. The van der Waals surface area contributed by atoms with E-state index in [4.69, 9.17) is 0 Å². The lowest BCUT2D eigenvalue weighted by Gasteiger charge is -2.15. The molecule has 0 saturated carbocycles. The van der Waals surface area contributed by atoms with E-state index >= 15 is 0 Å². The van der Waals surface area contributed by atoms with Crippen LogP contribution in [0.15, 0.2) is 47.3 Å². The van der Waals surface area contributed by atoms with Gasteiger partial charge in [0, 0.05) is 12.8 Å². The van der Waals surface area contributed by atoms with Gasteiger partial charge in [-0.3, -0.25) is 9.59 Å². The standard InChI is InChI=1S/C21H23N3O2/c1-13-8-9-16(12-14(13)2)15(3)22-20(25)11-10-19-23-18-7-5-4-6-17(18)21(26)24-19/h4-9,12,15H,10-11H2,1-3H3,(H,22,25)(H,23,24,26)/t15-/m0/s1. The first-order valence-corrected chi connectivity index (χ1v) is 8.78. The quantitative estimate of drug-likeness (QED) is 0.742. The number of carbonyl (C=O) groups is 1. The molecule has 1 atom stereocenters. The molecule has 0 spiro atoms. The Kier molecular flexibility index (Phi) is 5.16. The Labute approximate surface area is 152 Å². The minimum atomic E-state index is -0.172. The first-order chi connectivity index (χ1) is 12.4. The van der Waals surface area contributed by atoms with E-state index in [1.807, 2.05) is 19.1 Å². The van der Waals surface area contributed by atoms with Gasteiger partial charge in [-0.2, -0.15) is 0 Å². The third-order valence-electron chi connectivity index (χ3n) is 4.66. The molecule has 134 valence electrons. The van der Waals surface area contributed by atoms with Gasteiger partial charge in [0.1, 0.15) is 5.82 Å². The summed E-state index contributed by atoms with van der Waals surface area (Å²) in [7, 11) is 0. The van der Waals surface area contributed by atoms with Crippen LogP contribution in [0.4, 0.5) is 0 Å². The molecule has 0 aliphatic carbocycles. The van der Waals surface area contributed by atoms with Crippen molar-refractivity contribution in [3.05, 3.63) is 75.3 Å². The summed E-state index contributed by atoms with van der Waals surface area (Å²) >= 11 is 0. The van der Waals surface area contributed by atoms with Gasteiger partial charge in [-0.1, -0.05) is 30.3 Å². The van der Waals surface area contributed by atoms with Crippen LogP contribution in [0.3, 0.4) is 0 Å². The van der Waals surface area contributed by atoms with E-state index in [1.54, 1.807) is 18.2 Å². The molecular formula is C21H23N3O2. The summed E-state index contributed by atoms with van der Waals surface area (Å²) < 4.78 is 0. The minimum Gasteiger partial charge on any atom is -0.350 e. The van der Waals surface area contributed by atoms with Crippen molar-refractivity contribution in [2.75, 3.05) is 0 Å². The number of para-hydroxylation sites is 1. The summed E-state index contributed by atoms with van der Waals surface area (Å²) in [5.74, 6) is 0.467. The average molecular weight is 349 g/mol. The average Bonchev–Trinajstić information content (AvgIpc) is 2.62. The smallest absolute Gasteiger partial charge is 0.258 e. The molecule has 1 heterocycles. The third-order valence-corrected chi connectivity index (χ3v) is 4.66. The predicted octanol–water partition coefficient (Wildman–Crippen LogP) is 3.35. The molecule has 2 N–H and O–H groups in total. The van der Waals surface area contributed by atoms with E-state index < -0.39 is 0 Å². The molecule has 0 bridgehead atoms. The Bertz CT molecular complexity index is 1010. The van der Waals surface area contributed by atoms with Gasteiger partial charge in [0.25, 0.3) is 5.56 Å². The van der Waals surface area contributed by atoms with Gasteiger partial charge in [-0.25, -0.2) is 4.98 Å².